The van der Waals surface area contributed by atoms with Gasteiger partial charge in [-0.3, -0.25) is 0 Å². The molecule has 1 aliphatic heterocycles. The lowest BCUT2D eigenvalue weighted by Crippen LogP contribution is -2.16. The van der Waals surface area contributed by atoms with Gasteiger partial charge >= 0.3 is 0 Å². The van der Waals surface area contributed by atoms with Crippen LogP contribution in [0.3, 0.4) is 0 Å². The fourth-order valence-corrected chi connectivity index (χ4v) is 2.18. The van der Waals surface area contributed by atoms with Crippen LogP contribution in [-0.2, 0) is 4.74 Å². The molecule has 1 fully saturated rings. The van der Waals surface area contributed by atoms with Crippen molar-refractivity contribution in [2.45, 2.75) is 38.4 Å². The van der Waals surface area contributed by atoms with E-state index < -0.39 is 0 Å². The highest BCUT2D eigenvalue weighted by atomic mass is 35.5. The predicted molar refractivity (Wildman–Crippen MR) is 53.1 cm³/mol. The van der Waals surface area contributed by atoms with Gasteiger partial charge in [-0.15, -0.1) is 23.2 Å². The Morgan fingerprint density at radius 3 is 2.42 bits per heavy atom. The minimum absolute atomic E-state index is 0.405. The zero-order chi connectivity index (χ0) is 8.97. The van der Waals surface area contributed by atoms with E-state index in [1.165, 1.54) is 12.8 Å². The van der Waals surface area contributed by atoms with Gasteiger partial charge in [-0.05, 0) is 32.1 Å². The van der Waals surface area contributed by atoms with Crippen molar-refractivity contribution < 1.29 is 4.74 Å². The molecule has 3 heteroatoms. The van der Waals surface area contributed by atoms with Gasteiger partial charge in [-0.1, -0.05) is 0 Å². The standard InChI is InChI=1S/C9H16Cl2O/c1-7-2-3-9(12-7)4-8(5-10)6-11/h7-9H,2-6H2,1H3. The Morgan fingerprint density at radius 1 is 1.33 bits per heavy atom. The summed E-state index contributed by atoms with van der Waals surface area (Å²) in [5, 5.41) is 0. The van der Waals surface area contributed by atoms with Gasteiger partial charge < -0.3 is 4.74 Å². The lowest BCUT2D eigenvalue weighted by atomic mass is 10.0. The van der Waals surface area contributed by atoms with Crippen molar-refractivity contribution in [3.05, 3.63) is 0 Å². The normalized spacial score (nSPS) is 30.0. The molecule has 0 spiro atoms. The van der Waals surface area contributed by atoms with E-state index in [1.807, 2.05) is 0 Å². The molecule has 12 heavy (non-hydrogen) atoms. The second-order valence-electron chi connectivity index (χ2n) is 3.56. The maximum absolute atomic E-state index is 5.74. The molecule has 0 aromatic heterocycles. The SMILES string of the molecule is CC1CCC(CC(CCl)CCl)O1. The van der Waals surface area contributed by atoms with Gasteiger partial charge in [0.25, 0.3) is 0 Å². The Balaban J connectivity index is 2.21. The Morgan fingerprint density at radius 2 is 2.00 bits per heavy atom. The molecule has 0 saturated carbocycles. The van der Waals surface area contributed by atoms with Gasteiger partial charge in [0, 0.05) is 11.8 Å². The first-order valence-electron chi connectivity index (χ1n) is 4.53. The maximum Gasteiger partial charge on any atom is 0.0583 e. The summed E-state index contributed by atoms with van der Waals surface area (Å²) in [7, 11) is 0. The van der Waals surface area contributed by atoms with Crippen molar-refractivity contribution >= 4 is 23.2 Å². The van der Waals surface area contributed by atoms with Crippen LogP contribution >= 0.6 is 23.2 Å². The lowest BCUT2D eigenvalue weighted by molar-refractivity contribution is 0.0443. The zero-order valence-corrected chi connectivity index (χ0v) is 8.94. The number of ether oxygens (including phenoxy) is 1. The van der Waals surface area contributed by atoms with E-state index in [1.54, 1.807) is 0 Å². The van der Waals surface area contributed by atoms with Crippen LogP contribution in [0, 0.1) is 5.92 Å². The van der Waals surface area contributed by atoms with Gasteiger partial charge in [0.1, 0.15) is 0 Å². The third-order valence-corrected chi connectivity index (χ3v) is 3.23. The molecule has 1 rings (SSSR count). The molecule has 1 aliphatic rings. The lowest BCUT2D eigenvalue weighted by Gasteiger charge is -2.15. The van der Waals surface area contributed by atoms with Crippen LogP contribution in [0.4, 0.5) is 0 Å². The van der Waals surface area contributed by atoms with E-state index in [9.17, 15) is 0 Å². The fourth-order valence-electron chi connectivity index (χ4n) is 1.60. The molecule has 1 nitrogen and oxygen atoms in total. The van der Waals surface area contributed by atoms with Crippen molar-refractivity contribution in [2.75, 3.05) is 11.8 Å². The van der Waals surface area contributed by atoms with E-state index in [4.69, 9.17) is 27.9 Å². The van der Waals surface area contributed by atoms with Gasteiger partial charge in [0.2, 0.25) is 0 Å². The summed E-state index contributed by atoms with van der Waals surface area (Å²) in [6.45, 7) is 2.12. The first-order valence-corrected chi connectivity index (χ1v) is 5.60. The van der Waals surface area contributed by atoms with Gasteiger partial charge in [-0.2, -0.15) is 0 Å². The largest absolute Gasteiger partial charge is 0.375 e. The number of hydrogen-bond acceptors (Lipinski definition) is 1. The molecule has 0 aliphatic carbocycles. The van der Waals surface area contributed by atoms with E-state index in [-0.39, 0.29) is 0 Å². The van der Waals surface area contributed by atoms with E-state index in [0.717, 1.165) is 6.42 Å². The average Bonchev–Trinajstić information content (AvgIpc) is 2.47. The van der Waals surface area contributed by atoms with Crippen LogP contribution in [-0.4, -0.2) is 24.0 Å². The van der Waals surface area contributed by atoms with Crippen LogP contribution in [0.15, 0.2) is 0 Å². The molecular weight excluding hydrogens is 195 g/mol. The molecule has 0 amide bonds. The summed E-state index contributed by atoms with van der Waals surface area (Å²) < 4.78 is 5.68. The summed E-state index contributed by atoms with van der Waals surface area (Å²) in [5.74, 6) is 1.72. The third kappa shape index (κ3) is 3.12. The molecular formula is C9H16Cl2O. The molecule has 2 unspecified atom stereocenters. The molecule has 0 aromatic carbocycles. The Hall–Kier alpha value is 0.540. The topological polar surface area (TPSA) is 9.23 Å². The second kappa shape index (κ2) is 5.31. The van der Waals surface area contributed by atoms with Crippen molar-refractivity contribution in [1.29, 1.82) is 0 Å². The summed E-state index contributed by atoms with van der Waals surface area (Å²) in [4.78, 5) is 0. The Bertz CT molecular complexity index is 126. The fraction of sp³-hybridized carbons (Fsp3) is 1.00. The molecule has 0 N–H and O–H groups in total. The molecule has 1 saturated heterocycles. The molecule has 1 heterocycles. The minimum atomic E-state index is 0.405. The first kappa shape index (κ1) is 10.6. The average molecular weight is 211 g/mol. The molecule has 0 bridgehead atoms. The van der Waals surface area contributed by atoms with E-state index in [2.05, 4.69) is 6.92 Å². The highest BCUT2D eigenvalue weighted by Gasteiger charge is 2.24. The monoisotopic (exact) mass is 210 g/mol. The van der Waals surface area contributed by atoms with Crippen LogP contribution in [0.5, 0.6) is 0 Å². The second-order valence-corrected chi connectivity index (χ2v) is 4.17. The van der Waals surface area contributed by atoms with Gasteiger partial charge in [-0.25, -0.2) is 0 Å². The summed E-state index contributed by atoms with van der Waals surface area (Å²) in [5.41, 5.74) is 0. The highest BCUT2D eigenvalue weighted by molar-refractivity contribution is 6.20. The van der Waals surface area contributed by atoms with Crippen LogP contribution in [0.2, 0.25) is 0 Å². The minimum Gasteiger partial charge on any atom is -0.375 e. The van der Waals surface area contributed by atoms with Crippen LogP contribution < -0.4 is 0 Å². The first-order chi connectivity index (χ1) is 5.76. The van der Waals surface area contributed by atoms with Crippen LogP contribution in [0.1, 0.15) is 26.2 Å². The molecule has 0 aromatic rings. The Kier molecular flexibility index (Phi) is 4.70. The number of alkyl halides is 2. The van der Waals surface area contributed by atoms with Gasteiger partial charge in [0.05, 0.1) is 12.2 Å². The number of rotatable bonds is 4. The quantitative estimate of drug-likeness (QED) is 0.649. The number of hydrogen-bond donors (Lipinski definition) is 0. The van der Waals surface area contributed by atoms with E-state index in [0.29, 0.717) is 29.9 Å². The number of halogens is 2. The molecule has 72 valence electrons. The predicted octanol–water partition coefficient (Wildman–Crippen LogP) is 3.04. The molecule has 0 radical (unpaired) electrons. The van der Waals surface area contributed by atoms with Crippen molar-refractivity contribution in [3.63, 3.8) is 0 Å². The smallest absolute Gasteiger partial charge is 0.0583 e. The van der Waals surface area contributed by atoms with Gasteiger partial charge in [0.15, 0.2) is 0 Å². The summed E-state index contributed by atoms with van der Waals surface area (Å²) in [6.07, 6.45) is 4.22. The summed E-state index contributed by atoms with van der Waals surface area (Å²) in [6, 6.07) is 0. The third-order valence-electron chi connectivity index (χ3n) is 2.35. The zero-order valence-electron chi connectivity index (χ0n) is 7.43. The highest BCUT2D eigenvalue weighted by Crippen LogP contribution is 2.25. The maximum atomic E-state index is 5.74. The van der Waals surface area contributed by atoms with Crippen molar-refractivity contribution in [3.8, 4) is 0 Å². The Labute approximate surface area is 84.4 Å². The molecule has 2 atom stereocenters. The van der Waals surface area contributed by atoms with E-state index >= 15 is 0 Å². The summed E-state index contributed by atoms with van der Waals surface area (Å²) >= 11 is 11.5. The van der Waals surface area contributed by atoms with Crippen molar-refractivity contribution in [2.24, 2.45) is 5.92 Å². The van der Waals surface area contributed by atoms with Crippen molar-refractivity contribution in [1.82, 2.24) is 0 Å². The van der Waals surface area contributed by atoms with Crippen LogP contribution in [0.25, 0.3) is 0 Å².